The first-order chi connectivity index (χ1) is 11.9. The van der Waals surface area contributed by atoms with E-state index in [2.05, 4.69) is 0 Å². The van der Waals surface area contributed by atoms with E-state index in [4.69, 9.17) is 16.3 Å². The SMILES string of the molecule is O=C(c1cc(Cl)ccc1F)N1CCN(S(=O)(=O)N2CCOCC2)CC1. The fraction of sp³-hybridized carbons (Fsp3) is 0.533. The molecule has 7 nitrogen and oxygen atoms in total. The van der Waals surface area contributed by atoms with Crippen LogP contribution < -0.4 is 0 Å². The highest BCUT2D eigenvalue weighted by Gasteiger charge is 2.34. The topological polar surface area (TPSA) is 70.2 Å². The van der Waals surface area contributed by atoms with Gasteiger partial charge < -0.3 is 9.64 Å². The Morgan fingerprint density at radius 3 is 2.28 bits per heavy atom. The molecular formula is C15H19ClFN3O4S. The van der Waals surface area contributed by atoms with Crippen LogP contribution in [-0.4, -0.2) is 80.3 Å². The molecule has 138 valence electrons. The fourth-order valence-corrected chi connectivity index (χ4v) is 4.63. The molecule has 0 N–H and O–H groups in total. The second-order valence-electron chi connectivity index (χ2n) is 5.83. The zero-order chi connectivity index (χ0) is 18.0. The largest absolute Gasteiger partial charge is 0.379 e. The Morgan fingerprint density at radius 1 is 1.04 bits per heavy atom. The van der Waals surface area contributed by atoms with Crippen LogP contribution in [0.15, 0.2) is 18.2 Å². The lowest BCUT2D eigenvalue weighted by Crippen LogP contribution is -2.55. The van der Waals surface area contributed by atoms with Gasteiger partial charge in [-0.05, 0) is 18.2 Å². The van der Waals surface area contributed by atoms with Gasteiger partial charge in [0.05, 0.1) is 18.8 Å². The van der Waals surface area contributed by atoms with Crippen molar-refractivity contribution in [1.82, 2.24) is 13.5 Å². The van der Waals surface area contributed by atoms with Crippen LogP contribution in [0.1, 0.15) is 10.4 Å². The van der Waals surface area contributed by atoms with Crippen molar-refractivity contribution in [2.75, 3.05) is 52.5 Å². The van der Waals surface area contributed by atoms with Crippen molar-refractivity contribution in [1.29, 1.82) is 0 Å². The van der Waals surface area contributed by atoms with Gasteiger partial charge in [0.2, 0.25) is 0 Å². The summed E-state index contributed by atoms with van der Waals surface area (Å²) in [5.74, 6) is -1.12. The lowest BCUT2D eigenvalue weighted by molar-refractivity contribution is 0.0634. The van der Waals surface area contributed by atoms with Crippen LogP contribution in [0.3, 0.4) is 0 Å². The number of morpholine rings is 1. The highest BCUT2D eigenvalue weighted by atomic mass is 35.5. The Labute approximate surface area is 151 Å². The van der Waals surface area contributed by atoms with E-state index < -0.39 is 21.9 Å². The average molecular weight is 392 g/mol. The third-order valence-corrected chi connectivity index (χ3v) is 6.58. The number of nitrogens with zero attached hydrogens (tertiary/aromatic N) is 3. The minimum absolute atomic E-state index is 0.100. The third kappa shape index (κ3) is 3.95. The monoisotopic (exact) mass is 391 g/mol. The quantitative estimate of drug-likeness (QED) is 0.764. The first-order valence-corrected chi connectivity index (χ1v) is 9.74. The van der Waals surface area contributed by atoms with E-state index in [1.54, 1.807) is 0 Å². The van der Waals surface area contributed by atoms with Crippen LogP contribution >= 0.6 is 11.6 Å². The summed E-state index contributed by atoms with van der Waals surface area (Å²) < 4.78 is 47.0. The van der Waals surface area contributed by atoms with E-state index in [-0.39, 0.29) is 36.8 Å². The number of ether oxygens (including phenoxy) is 1. The molecular weight excluding hydrogens is 373 g/mol. The molecule has 25 heavy (non-hydrogen) atoms. The fourth-order valence-electron chi connectivity index (χ4n) is 2.89. The van der Waals surface area contributed by atoms with Gasteiger partial charge in [-0.25, -0.2) is 4.39 Å². The van der Waals surface area contributed by atoms with E-state index in [9.17, 15) is 17.6 Å². The minimum atomic E-state index is -3.56. The minimum Gasteiger partial charge on any atom is -0.379 e. The summed E-state index contributed by atoms with van der Waals surface area (Å²) in [6.45, 7) is 2.17. The molecule has 10 heteroatoms. The number of carbonyl (C=O) groups excluding carboxylic acids is 1. The van der Waals surface area contributed by atoms with Gasteiger partial charge in [-0.1, -0.05) is 11.6 Å². The molecule has 2 aliphatic rings. The van der Waals surface area contributed by atoms with Crippen molar-refractivity contribution in [3.63, 3.8) is 0 Å². The lowest BCUT2D eigenvalue weighted by Gasteiger charge is -2.37. The van der Waals surface area contributed by atoms with Gasteiger partial charge in [0.1, 0.15) is 5.82 Å². The third-order valence-electron chi connectivity index (χ3n) is 4.31. The Kier molecular flexibility index (Phi) is 5.59. The van der Waals surface area contributed by atoms with Gasteiger partial charge in [-0.15, -0.1) is 0 Å². The molecule has 0 aliphatic carbocycles. The molecule has 2 fully saturated rings. The van der Waals surface area contributed by atoms with Crippen LogP contribution in [0.5, 0.6) is 0 Å². The molecule has 0 radical (unpaired) electrons. The molecule has 1 aromatic rings. The summed E-state index contributed by atoms with van der Waals surface area (Å²) in [4.78, 5) is 13.9. The maximum atomic E-state index is 13.9. The number of hydrogen-bond acceptors (Lipinski definition) is 4. The Hall–Kier alpha value is -1.26. The van der Waals surface area contributed by atoms with Crippen LogP contribution in [0, 0.1) is 5.82 Å². The van der Waals surface area contributed by atoms with Gasteiger partial charge in [0, 0.05) is 44.3 Å². The van der Waals surface area contributed by atoms with Gasteiger partial charge in [0.15, 0.2) is 0 Å². The average Bonchev–Trinajstić information content (AvgIpc) is 2.64. The molecule has 2 saturated heterocycles. The Morgan fingerprint density at radius 2 is 1.64 bits per heavy atom. The van der Waals surface area contributed by atoms with Crippen molar-refractivity contribution in [2.45, 2.75) is 0 Å². The van der Waals surface area contributed by atoms with E-state index in [1.165, 1.54) is 25.6 Å². The summed E-state index contributed by atoms with van der Waals surface area (Å²) in [6, 6.07) is 3.81. The zero-order valence-electron chi connectivity index (χ0n) is 13.5. The number of hydrogen-bond donors (Lipinski definition) is 0. The van der Waals surface area contributed by atoms with Crippen LogP contribution in [0.4, 0.5) is 4.39 Å². The standard InChI is InChI=1S/C15H19ClFN3O4S/c16-12-1-2-14(17)13(11-12)15(21)18-3-5-19(6-4-18)25(22,23)20-7-9-24-10-8-20/h1-2,11H,3-10H2. The Balaban J connectivity index is 1.65. The number of amides is 1. The molecule has 2 aliphatic heterocycles. The number of benzene rings is 1. The van der Waals surface area contributed by atoms with E-state index >= 15 is 0 Å². The number of carbonyl (C=O) groups is 1. The van der Waals surface area contributed by atoms with Crippen molar-refractivity contribution in [3.8, 4) is 0 Å². The molecule has 1 amide bonds. The summed E-state index contributed by atoms with van der Waals surface area (Å²) in [6.07, 6.45) is 0. The molecule has 2 heterocycles. The molecule has 1 aromatic carbocycles. The van der Waals surface area contributed by atoms with E-state index in [0.717, 1.165) is 6.07 Å². The van der Waals surface area contributed by atoms with Gasteiger partial charge in [0.25, 0.3) is 16.1 Å². The van der Waals surface area contributed by atoms with Crippen LogP contribution in [-0.2, 0) is 14.9 Å². The molecule has 0 spiro atoms. The predicted molar refractivity (Wildman–Crippen MR) is 90.2 cm³/mol. The molecule has 0 saturated carbocycles. The van der Waals surface area contributed by atoms with E-state index in [0.29, 0.717) is 26.3 Å². The van der Waals surface area contributed by atoms with Gasteiger partial charge in [-0.2, -0.15) is 17.0 Å². The highest BCUT2D eigenvalue weighted by Crippen LogP contribution is 2.19. The summed E-state index contributed by atoms with van der Waals surface area (Å²) in [7, 11) is -3.56. The predicted octanol–water partition coefficient (Wildman–Crippen LogP) is 0.814. The molecule has 0 aromatic heterocycles. The van der Waals surface area contributed by atoms with Crippen LogP contribution in [0.2, 0.25) is 5.02 Å². The molecule has 0 atom stereocenters. The smallest absolute Gasteiger partial charge is 0.282 e. The highest BCUT2D eigenvalue weighted by molar-refractivity contribution is 7.86. The summed E-state index contributed by atoms with van der Waals surface area (Å²) in [5.41, 5.74) is -0.100. The first kappa shape index (κ1) is 18.5. The first-order valence-electron chi connectivity index (χ1n) is 7.97. The Bertz CT molecular complexity index is 747. The number of halogens is 2. The number of piperazine rings is 1. The molecule has 0 bridgehead atoms. The van der Waals surface area contributed by atoms with Crippen LogP contribution in [0.25, 0.3) is 0 Å². The summed E-state index contributed by atoms with van der Waals surface area (Å²) >= 11 is 5.83. The van der Waals surface area contributed by atoms with E-state index in [1.807, 2.05) is 0 Å². The zero-order valence-corrected chi connectivity index (χ0v) is 15.1. The second kappa shape index (κ2) is 7.55. The maximum absolute atomic E-state index is 13.9. The molecule has 0 unspecified atom stereocenters. The lowest BCUT2D eigenvalue weighted by atomic mass is 10.1. The second-order valence-corrected chi connectivity index (χ2v) is 8.20. The normalized spacial score (nSPS) is 20.6. The number of rotatable bonds is 3. The maximum Gasteiger partial charge on any atom is 0.282 e. The van der Waals surface area contributed by atoms with Gasteiger partial charge >= 0.3 is 0 Å². The molecule has 3 rings (SSSR count). The van der Waals surface area contributed by atoms with Crippen molar-refractivity contribution < 1.29 is 22.3 Å². The summed E-state index contributed by atoms with van der Waals surface area (Å²) in [5, 5.41) is 0.276. The van der Waals surface area contributed by atoms with Crippen molar-refractivity contribution in [3.05, 3.63) is 34.6 Å². The van der Waals surface area contributed by atoms with Crippen molar-refractivity contribution >= 4 is 27.7 Å². The van der Waals surface area contributed by atoms with Gasteiger partial charge in [-0.3, -0.25) is 4.79 Å². The van der Waals surface area contributed by atoms with Crippen molar-refractivity contribution in [2.24, 2.45) is 0 Å².